The van der Waals surface area contributed by atoms with Gasteiger partial charge in [-0.15, -0.1) is 0 Å². The molecule has 33 heavy (non-hydrogen) atoms. The summed E-state index contributed by atoms with van der Waals surface area (Å²) in [6.45, 7) is 4.64. The molecular formula is C22H24BrFN4O3S2. The molecule has 1 aliphatic heterocycles. The maximum absolute atomic E-state index is 13.0. The largest absolute Gasteiger partial charge is 0.355 e. The summed E-state index contributed by atoms with van der Waals surface area (Å²) in [5.41, 5.74) is 1.00. The molecule has 11 heteroatoms. The minimum absolute atomic E-state index is 0.0235. The number of rotatable bonds is 8. The summed E-state index contributed by atoms with van der Waals surface area (Å²) < 4.78 is 39.7. The first-order chi connectivity index (χ1) is 15.8. The van der Waals surface area contributed by atoms with Crippen LogP contribution < -0.4 is 10.2 Å². The normalized spacial score (nSPS) is 15.2. The van der Waals surface area contributed by atoms with Gasteiger partial charge >= 0.3 is 0 Å². The third kappa shape index (κ3) is 6.28. The number of hydrogen-bond donors (Lipinski definition) is 1. The highest BCUT2D eigenvalue weighted by Gasteiger charge is 2.20. The van der Waals surface area contributed by atoms with Gasteiger partial charge in [-0.05, 0) is 42.5 Å². The summed E-state index contributed by atoms with van der Waals surface area (Å²) in [5.74, 6) is -1.11. The third-order valence-electron chi connectivity index (χ3n) is 5.50. The number of carbonyl (C=O) groups is 1. The van der Waals surface area contributed by atoms with Crippen molar-refractivity contribution in [1.29, 1.82) is 0 Å². The maximum Gasteiger partial charge on any atom is 0.221 e. The van der Waals surface area contributed by atoms with Gasteiger partial charge in [0.1, 0.15) is 5.82 Å². The summed E-state index contributed by atoms with van der Waals surface area (Å²) >= 11 is 5.19. The van der Waals surface area contributed by atoms with Crippen molar-refractivity contribution in [1.82, 2.24) is 15.2 Å². The van der Waals surface area contributed by atoms with E-state index >= 15 is 0 Å². The number of aromatic nitrogens is 1. The molecule has 3 aromatic rings. The number of hydrogen-bond acceptors (Lipinski definition) is 7. The van der Waals surface area contributed by atoms with E-state index < -0.39 is 15.7 Å². The van der Waals surface area contributed by atoms with Gasteiger partial charge in [0.15, 0.2) is 15.0 Å². The molecule has 1 N–H and O–H groups in total. The zero-order valence-electron chi connectivity index (χ0n) is 17.8. The van der Waals surface area contributed by atoms with Crippen LogP contribution in [-0.4, -0.2) is 69.2 Å². The van der Waals surface area contributed by atoms with Crippen molar-refractivity contribution >= 4 is 58.4 Å². The fraction of sp³-hybridized carbons (Fsp3) is 0.364. The first kappa shape index (κ1) is 24.1. The molecule has 1 aromatic heterocycles. The fourth-order valence-corrected chi connectivity index (χ4v) is 6.42. The van der Waals surface area contributed by atoms with E-state index in [2.05, 4.69) is 37.1 Å². The Kier molecular flexibility index (Phi) is 7.62. The standard InChI is InChI=1S/C22H24BrFN4O3S2/c23-16-1-6-19-20(15-16)32-22(26-19)28-12-10-27(11-13-28)9-8-25-21(29)7-14-33(30,31)18-4-2-17(24)3-5-18/h1-6,15H,7-14H2,(H,25,29). The number of fused-ring (bicyclic) bond motifs is 1. The topological polar surface area (TPSA) is 82.6 Å². The molecule has 2 aromatic carbocycles. The van der Waals surface area contributed by atoms with E-state index in [1.165, 1.54) is 12.1 Å². The number of nitrogens with one attached hydrogen (secondary N) is 1. The summed E-state index contributed by atoms with van der Waals surface area (Å²) in [6.07, 6.45) is -0.124. The van der Waals surface area contributed by atoms with Crippen LogP contribution in [0.25, 0.3) is 10.2 Å². The Morgan fingerprint density at radius 2 is 1.85 bits per heavy atom. The van der Waals surface area contributed by atoms with Crippen molar-refractivity contribution < 1.29 is 17.6 Å². The minimum atomic E-state index is -3.61. The number of amides is 1. The van der Waals surface area contributed by atoms with Crippen LogP contribution in [-0.2, 0) is 14.6 Å². The summed E-state index contributed by atoms with van der Waals surface area (Å²) in [4.78, 5) is 21.4. The molecule has 1 fully saturated rings. The average Bonchev–Trinajstić information content (AvgIpc) is 3.22. The molecule has 0 unspecified atom stereocenters. The van der Waals surface area contributed by atoms with Crippen LogP contribution in [0.3, 0.4) is 0 Å². The van der Waals surface area contributed by atoms with E-state index in [-0.39, 0.29) is 23.0 Å². The molecule has 0 radical (unpaired) electrons. The van der Waals surface area contributed by atoms with Crippen LogP contribution in [0.2, 0.25) is 0 Å². The molecule has 1 saturated heterocycles. The molecule has 0 spiro atoms. The number of piperazine rings is 1. The van der Waals surface area contributed by atoms with Gasteiger partial charge in [-0.3, -0.25) is 9.69 Å². The number of nitrogens with zero attached hydrogens (tertiary/aromatic N) is 3. The summed E-state index contributed by atoms with van der Waals surface area (Å²) in [7, 11) is -3.61. The van der Waals surface area contributed by atoms with E-state index in [4.69, 9.17) is 4.98 Å². The average molecular weight is 555 g/mol. The molecule has 0 aliphatic carbocycles. The van der Waals surface area contributed by atoms with E-state index in [0.29, 0.717) is 13.1 Å². The monoisotopic (exact) mass is 554 g/mol. The molecule has 0 saturated carbocycles. The lowest BCUT2D eigenvalue weighted by Gasteiger charge is -2.34. The van der Waals surface area contributed by atoms with Gasteiger partial charge in [-0.2, -0.15) is 0 Å². The quantitative estimate of drug-likeness (QED) is 0.430. The van der Waals surface area contributed by atoms with Crippen molar-refractivity contribution in [3.8, 4) is 0 Å². The number of benzene rings is 2. The van der Waals surface area contributed by atoms with Crippen molar-refractivity contribution in [3.05, 3.63) is 52.8 Å². The van der Waals surface area contributed by atoms with E-state index in [1.54, 1.807) is 11.3 Å². The first-order valence-corrected chi connectivity index (χ1v) is 13.8. The summed E-state index contributed by atoms with van der Waals surface area (Å²) in [5, 5.41) is 3.82. The van der Waals surface area contributed by atoms with Crippen LogP contribution >= 0.6 is 27.3 Å². The Labute approximate surface area is 204 Å². The number of sulfone groups is 1. The fourth-order valence-electron chi connectivity index (χ4n) is 3.61. The molecular weight excluding hydrogens is 531 g/mol. The molecule has 1 aliphatic rings. The van der Waals surface area contributed by atoms with Crippen molar-refractivity contribution in [2.24, 2.45) is 0 Å². The number of thiazole rings is 1. The zero-order valence-corrected chi connectivity index (χ0v) is 21.1. The van der Waals surface area contributed by atoms with Gasteiger partial charge in [0, 0.05) is 50.2 Å². The predicted molar refractivity (Wildman–Crippen MR) is 132 cm³/mol. The van der Waals surface area contributed by atoms with E-state index in [0.717, 1.165) is 58.1 Å². The SMILES string of the molecule is O=C(CCS(=O)(=O)c1ccc(F)cc1)NCCN1CCN(c2nc3ccc(Br)cc3s2)CC1. The van der Waals surface area contributed by atoms with Crippen molar-refractivity contribution in [2.45, 2.75) is 11.3 Å². The Hall–Kier alpha value is -2.08. The van der Waals surface area contributed by atoms with Crippen LogP contribution in [0.1, 0.15) is 6.42 Å². The Morgan fingerprint density at radius 1 is 1.12 bits per heavy atom. The number of anilines is 1. The van der Waals surface area contributed by atoms with Gasteiger partial charge in [-0.1, -0.05) is 27.3 Å². The minimum Gasteiger partial charge on any atom is -0.355 e. The number of halogens is 2. The van der Waals surface area contributed by atoms with Gasteiger partial charge in [-0.25, -0.2) is 17.8 Å². The smallest absolute Gasteiger partial charge is 0.221 e. The van der Waals surface area contributed by atoms with Crippen LogP contribution in [0.5, 0.6) is 0 Å². The highest BCUT2D eigenvalue weighted by Crippen LogP contribution is 2.31. The zero-order chi connectivity index (χ0) is 23.4. The molecule has 176 valence electrons. The lowest BCUT2D eigenvalue weighted by Crippen LogP contribution is -2.48. The second-order valence-electron chi connectivity index (χ2n) is 7.81. The van der Waals surface area contributed by atoms with Gasteiger partial charge in [0.05, 0.1) is 20.9 Å². The van der Waals surface area contributed by atoms with Crippen molar-refractivity contribution in [3.63, 3.8) is 0 Å². The summed E-state index contributed by atoms with van der Waals surface area (Å²) in [6, 6.07) is 10.7. The van der Waals surface area contributed by atoms with Crippen molar-refractivity contribution in [2.75, 3.05) is 49.9 Å². The highest BCUT2D eigenvalue weighted by atomic mass is 79.9. The van der Waals surface area contributed by atoms with Crippen LogP contribution in [0.4, 0.5) is 9.52 Å². The van der Waals surface area contributed by atoms with Gasteiger partial charge in [0.25, 0.3) is 0 Å². The second-order valence-corrected chi connectivity index (χ2v) is 11.8. The van der Waals surface area contributed by atoms with E-state index in [1.807, 2.05) is 12.1 Å². The van der Waals surface area contributed by atoms with E-state index in [9.17, 15) is 17.6 Å². The van der Waals surface area contributed by atoms with Crippen LogP contribution in [0, 0.1) is 5.82 Å². The molecule has 0 bridgehead atoms. The van der Waals surface area contributed by atoms with Gasteiger partial charge in [0.2, 0.25) is 5.91 Å². The Bertz CT molecular complexity index is 1230. The second kappa shape index (κ2) is 10.5. The molecule has 1 amide bonds. The Morgan fingerprint density at radius 3 is 2.58 bits per heavy atom. The number of carbonyl (C=O) groups excluding carboxylic acids is 1. The highest BCUT2D eigenvalue weighted by molar-refractivity contribution is 9.10. The third-order valence-corrected chi connectivity index (χ3v) is 8.81. The Balaban J connectivity index is 1.17. The lowest BCUT2D eigenvalue weighted by molar-refractivity contribution is -0.120. The molecule has 4 rings (SSSR count). The first-order valence-electron chi connectivity index (χ1n) is 10.6. The lowest BCUT2D eigenvalue weighted by atomic mass is 10.3. The maximum atomic E-state index is 13.0. The van der Waals surface area contributed by atoms with Crippen LogP contribution in [0.15, 0.2) is 51.8 Å². The molecule has 2 heterocycles. The molecule has 0 atom stereocenters. The van der Waals surface area contributed by atoms with Gasteiger partial charge < -0.3 is 10.2 Å². The predicted octanol–water partition coefficient (Wildman–Crippen LogP) is 3.30. The molecule has 7 nitrogen and oxygen atoms in total.